The summed E-state index contributed by atoms with van der Waals surface area (Å²) in [6.07, 6.45) is 1.59. The second-order valence-corrected chi connectivity index (χ2v) is 7.04. The number of H-pyrrole nitrogens is 1. The second-order valence-electron chi connectivity index (χ2n) is 5.33. The Balaban J connectivity index is 1.77. The highest BCUT2D eigenvalue weighted by Gasteiger charge is 2.17. The third kappa shape index (κ3) is 3.05. The molecule has 2 aromatic carbocycles. The number of carbonyl (C=O) groups is 1. The van der Waals surface area contributed by atoms with Crippen molar-refractivity contribution in [2.24, 2.45) is 0 Å². The SMILES string of the molecule is O=C(Nc1nccs1)c1cc(Cl)c2nc(-c3c(F)cccc3Cl)[nH]c2c1. The molecule has 26 heavy (non-hydrogen) atoms. The van der Waals surface area contributed by atoms with Crippen molar-refractivity contribution in [2.75, 3.05) is 5.32 Å². The number of nitrogens with zero attached hydrogens (tertiary/aromatic N) is 2. The molecule has 0 radical (unpaired) electrons. The molecule has 0 aliphatic heterocycles. The van der Waals surface area contributed by atoms with Crippen LogP contribution in [0.5, 0.6) is 0 Å². The predicted molar refractivity (Wildman–Crippen MR) is 102 cm³/mol. The molecule has 4 rings (SSSR count). The van der Waals surface area contributed by atoms with Crippen LogP contribution in [0.15, 0.2) is 41.9 Å². The van der Waals surface area contributed by atoms with Gasteiger partial charge in [-0.05, 0) is 24.3 Å². The molecule has 0 fully saturated rings. The molecule has 130 valence electrons. The van der Waals surface area contributed by atoms with Crippen LogP contribution in [0.1, 0.15) is 10.4 Å². The Bertz CT molecular complexity index is 1110. The molecule has 0 unspecified atom stereocenters. The van der Waals surface area contributed by atoms with Gasteiger partial charge in [0.15, 0.2) is 5.13 Å². The zero-order valence-electron chi connectivity index (χ0n) is 12.9. The molecule has 2 aromatic heterocycles. The third-order valence-electron chi connectivity index (χ3n) is 3.65. The number of nitrogens with one attached hydrogen (secondary N) is 2. The lowest BCUT2D eigenvalue weighted by atomic mass is 10.2. The van der Waals surface area contributed by atoms with Crippen LogP contribution >= 0.6 is 34.5 Å². The van der Waals surface area contributed by atoms with E-state index in [9.17, 15) is 9.18 Å². The summed E-state index contributed by atoms with van der Waals surface area (Å²) >= 11 is 13.7. The van der Waals surface area contributed by atoms with Gasteiger partial charge in [-0.1, -0.05) is 29.3 Å². The smallest absolute Gasteiger partial charge is 0.257 e. The lowest BCUT2D eigenvalue weighted by Crippen LogP contribution is -2.11. The number of aromatic amines is 1. The number of fused-ring (bicyclic) bond motifs is 1. The molecule has 0 aliphatic rings. The first-order valence-electron chi connectivity index (χ1n) is 7.37. The van der Waals surface area contributed by atoms with Gasteiger partial charge in [0.25, 0.3) is 5.91 Å². The summed E-state index contributed by atoms with van der Waals surface area (Å²) in [7, 11) is 0. The van der Waals surface area contributed by atoms with Gasteiger partial charge >= 0.3 is 0 Å². The molecule has 1 amide bonds. The molecule has 0 saturated heterocycles. The molecule has 9 heteroatoms. The van der Waals surface area contributed by atoms with E-state index in [1.165, 1.54) is 29.5 Å². The monoisotopic (exact) mass is 406 g/mol. The van der Waals surface area contributed by atoms with Crippen molar-refractivity contribution >= 4 is 56.6 Å². The summed E-state index contributed by atoms with van der Waals surface area (Å²) in [4.78, 5) is 23.7. The third-order valence-corrected chi connectivity index (χ3v) is 4.95. The number of anilines is 1. The van der Waals surface area contributed by atoms with Crippen molar-refractivity contribution in [3.8, 4) is 11.4 Å². The molecule has 0 saturated carbocycles. The van der Waals surface area contributed by atoms with Crippen LogP contribution in [0.4, 0.5) is 9.52 Å². The Hall–Kier alpha value is -2.48. The van der Waals surface area contributed by atoms with Gasteiger partial charge in [-0.2, -0.15) is 0 Å². The molecular formula is C17H9Cl2FN4OS. The first kappa shape index (κ1) is 17.0. The fraction of sp³-hybridized carbons (Fsp3) is 0. The lowest BCUT2D eigenvalue weighted by molar-refractivity contribution is 0.102. The Morgan fingerprint density at radius 2 is 2.08 bits per heavy atom. The summed E-state index contributed by atoms with van der Waals surface area (Å²) < 4.78 is 14.1. The van der Waals surface area contributed by atoms with E-state index in [0.29, 0.717) is 21.7 Å². The highest BCUT2D eigenvalue weighted by atomic mass is 35.5. The van der Waals surface area contributed by atoms with Gasteiger partial charge in [-0.15, -0.1) is 11.3 Å². The highest BCUT2D eigenvalue weighted by Crippen LogP contribution is 2.32. The molecule has 0 aliphatic carbocycles. The Labute approximate surface area is 160 Å². The van der Waals surface area contributed by atoms with Gasteiger partial charge in [-0.3, -0.25) is 10.1 Å². The average Bonchev–Trinajstić information content (AvgIpc) is 3.24. The van der Waals surface area contributed by atoms with Crippen molar-refractivity contribution in [3.63, 3.8) is 0 Å². The van der Waals surface area contributed by atoms with Gasteiger partial charge in [0.05, 0.1) is 21.1 Å². The van der Waals surface area contributed by atoms with Crippen LogP contribution in [-0.4, -0.2) is 20.9 Å². The van der Waals surface area contributed by atoms with Crippen molar-refractivity contribution in [2.45, 2.75) is 0 Å². The minimum atomic E-state index is -0.505. The molecule has 2 N–H and O–H groups in total. The van der Waals surface area contributed by atoms with E-state index in [0.717, 1.165) is 0 Å². The van der Waals surface area contributed by atoms with Gasteiger partial charge in [-0.25, -0.2) is 14.4 Å². The number of rotatable bonds is 3. The Morgan fingerprint density at radius 3 is 2.81 bits per heavy atom. The van der Waals surface area contributed by atoms with Crippen LogP contribution in [-0.2, 0) is 0 Å². The van der Waals surface area contributed by atoms with Crippen molar-refractivity contribution < 1.29 is 9.18 Å². The molecule has 2 heterocycles. The van der Waals surface area contributed by atoms with Crippen molar-refractivity contribution in [1.82, 2.24) is 15.0 Å². The van der Waals surface area contributed by atoms with Crippen LogP contribution in [0.3, 0.4) is 0 Å². The molecule has 0 bridgehead atoms. The van der Waals surface area contributed by atoms with E-state index in [2.05, 4.69) is 20.3 Å². The number of aromatic nitrogens is 3. The standard InChI is InChI=1S/C17H9Cl2FN4OS/c18-9-2-1-3-11(20)13(9)15-22-12-7-8(6-10(19)14(12)23-15)16(25)24-17-21-4-5-26-17/h1-7H,(H,22,23)(H,21,24,25). The lowest BCUT2D eigenvalue weighted by Gasteiger charge is -2.02. The van der Waals surface area contributed by atoms with Gasteiger partial charge < -0.3 is 4.98 Å². The van der Waals surface area contributed by atoms with E-state index in [4.69, 9.17) is 23.2 Å². The number of hydrogen-bond donors (Lipinski definition) is 2. The maximum atomic E-state index is 14.1. The van der Waals surface area contributed by atoms with Gasteiger partial charge in [0.1, 0.15) is 17.2 Å². The largest absolute Gasteiger partial charge is 0.338 e. The van der Waals surface area contributed by atoms with E-state index in [1.807, 2.05) is 0 Å². The molecule has 5 nitrogen and oxygen atoms in total. The average molecular weight is 407 g/mol. The van der Waals surface area contributed by atoms with E-state index >= 15 is 0 Å². The van der Waals surface area contributed by atoms with Gasteiger partial charge in [0.2, 0.25) is 0 Å². The predicted octanol–water partition coefficient (Wildman–Crippen LogP) is 5.38. The number of amides is 1. The highest BCUT2D eigenvalue weighted by molar-refractivity contribution is 7.13. The Kier molecular flexibility index (Phi) is 4.36. The fourth-order valence-electron chi connectivity index (χ4n) is 2.50. The van der Waals surface area contributed by atoms with E-state index in [1.54, 1.807) is 23.7 Å². The van der Waals surface area contributed by atoms with Crippen molar-refractivity contribution in [3.05, 3.63) is 63.3 Å². The maximum absolute atomic E-state index is 14.1. The maximum Gasteiger partial charge on any atom is 0.257 e. The fourth-order valence-corrected chi connectivity index (χ4v) is 3.54. The molecule has 0 atom stereocenters. The Morgan fingerprint density at radius 1 is 1.23 bits per heavy atom. The normalized spacial score (nSPS) is 11.0. The number of benzene rings is 2. The topological polar surface area (TPSA) is 70.7 Å². The van der Waals surface area contributed by atoms with Crippen LogP contribution < -0.4 is 5.32 Å². The first-order valence-corrected chi connectivity index (χ1v) is 9.01. The van der Waals surface area contributed by atoms with E-state index in [-0.39, 0.29) is 27.3 Å². The quantitative estimate of drug-likeness (QED) is 0.479. The number of carbonyl (C=O) groups excluding carboxylic acids is 1. The number of halogens is 3. The van der Waals surface area contributed by atoms with Crippen LogP contribution in [0.25, 0.3) is 22.4 Å². The summed E-state index contributed by atoms with van der Waals surface area (Å²) in [6.45, 7) is 0. The minimum Gasteiger partial charge on any atom is -0.338 e. The zero-order chi connectivity index (χ0) is 18.3. The molecule has 0 spiro atoms. The van der Waals surface area contributed by atoms with E-state index < -0.39 is 5.82 Å². The number of imidazole rings is 1. The summed E-state index contributed by atoms with van der Waals surface area (Å²) in [6, 6.07) is 7.47. The first-order chi connectivity index (χ1) is 12.5. The zero-order valence-corrected chi connectivity index (χ0v) is 15.2. The second kappa shape index (κ2) is 6.68. The molecule has 4 aromatic rings. The minimum absolute atomic E-state index is 0.148. The number of hydrogen-bond acceptors (Lipinski definition) is 4. The summed E-state index contributed by atoms with van der Waals surface area (Å²) in [5.74, 6) is -0.624. The van der Waals surface area contributed by atoms with Gasteiger partial charge in [0, 0.05) is 17.1 Å². The van der Waals surface area contributed by atoms with Crippen LogP contribution in [0, 0.1) is 5.82 Å². The number of thiazole rings is 1. The van der Waals surface area contributed by atoms with Crippen LogP contribution in [0.2, 0.25) is 10.0 Å². The summed E-state index contributed by atoms with van der Waals surface area (Å²) in [5, 5.41) is 5.41. The summed E-state index contributed by atoms with van der Waals surface area (Å²) in [5.41, 5.74) is 1.39. The molecular weight excluding hydrogens is 398 g/mol. The van der Waals surface area contributed by atoms with Crippen molar-refractivity contribution in [1.29, 1.82) is 0 Å².